The highest BCUT2D eigenvalue weighted by molar-refractivity contribution is 5.87. The van der Waals surface area contributed by atoms with Gasteiger partial charge in [-0.05, 0) is 89.2 Å². The number of anilines is 1. The van der Waals surface area contributed by atoms with Gasteiger partial charge in [0.05, 0.1) is 7.11 Å². The van der Waals surface area contributed by atoms with Crippen LogP contribution < -0.4 is 9.64 Å². The van der Waals surface area contributed by atoms with Crippen LogP contribution in [0.3, 0.4) is 0 Å². The molecule has 2 aromatic rings. The van der Waals surface area contributed by atoms with Gasteiger partial charge < -0.3 is 24.7 Å². The fourth-order valence-electron chi connectivity index (χ4n) is 6.04. The van der Waals surface area contributed by atoms with Gasteiger partial charge in [0, 0.05) is 43.0 Å². The van der Waals surface area contributed by atoms with Crippen LogP contribution in [0.2, 0.25) is 0 Å². The molecular weight excluding hydrogens is 537 g/mol. The quantitative estimate of drug-likeness (QED) is 0.430. The molecule has 2 fully saturated rings. The third-order valence-corrected chi connectivity index (χ3v) is 8.77. The minimum absolute atomic E-state index is 0.126. The van der Waals surface area contributed by atoms with Crippen LogP contribution in [0.1, 0.15) is 55.2 Å². The van der Waals surface area contributed by atoms with E-state index in [1.807, 2.05) is 33.2 Å². The number of aryl methyl sites for hydroxylation is 1. The van der Waals surface area contributed by atoms with E-state index in [-0.39, 0.29) is 11.8 Å². The van der Waals surface area contributed by atoms with Gasteiger partial charge >= 0.3 is 6.18 Å². The summed E-state index contributed by atoms with van der Waals surface area (Å²) < 4.78 is 47.3. The number of piperidine rings is 1. The molecule has 2 heterocycles. The van der Waals surface area contributed by atoms with Crippen molar-refractivity contribution in [1.82, 2.24) is 14.8 Å². The molecule has 1 saturated heterocycles. The van der Waals surface area contributed by atoms with Crippen molar-refractivity contribution in [2.24, 2.45) is 11.8 Å². The summed E-state index contributed by atoms with van der Waals surface area (Å²) in [6, 6.07) is 8.45. The first-order valence-corrected chi connectivity index (χ1v) is 14.0. The van der Waals surface area contributed by atoms with Crippen LogP contribution in [0.15, 0.2) is 36.4 Å². The van der Waals surface area contributed by atoms with E-state index in [4.69, 9.17) is 9.72 Å². The van der Waals surface area contributed by atoms with Crippen molar-refractivity contribution in [2.45, 2.75) is 63.1 Å². The fourth-order valence-corrected chi connectivity index (χ4v) is 6.04. The van der Waals surface area contributed by atoms with Gasteiger partial charge in [-0.1, -0.05) is 12.1 Å². The van der Waals surface area contributed by atoms with E-state index in [0.29, 0.717) is 24.7 Å². The molecule has 0 spiro atoms. The molecule has 226 valence electrons. The van der Waals surface area contributed by atoms with Gasteiger partial charge in [-0.15, -0.1) is 0 Å². The summed E-state index contributed by atoms with van der Waals surface area (Å²) in [7, 11) is 6.28. The maximum absolute atomic E-state index is 14.1. The van der Waals surface area contributed by atoms with Crippen LogP contribution in [-0.2, 0) is 10.4 Å². The Labute approximate surface area is 239 Å². The highest BCUT2D eigenvalue weighted by Gasteiger charge is 2.62. The monoisotopic (exact) mass is 578 g/mol. The van der Waals surface area contributed by atoms with Crippen molar-refractivity contribution in [3.05, 3.63) is 53.2 Å². The number of hydrogen-bond acceptors (Lipinski definition) is 7. The maximum atomic E-state index is 14.1. The molecule has 2 unspecified atom stereocenters. The van der Waals surface area contributed by atoms with Gasteiger partial charge in [0.15, 0.2) is 0 Å². The maximum Gasteiger partial charge on any atom is 0.430 e. The molecule has 1 amide bonds. The van der Waals surface area contributed by atoms with Crippen molar-refractivity contribution >= 4 is 11.7 Å². The number of carbonyl (C=O) groups is 1. The number of likely N-dealkylation sites (N-methyl/N-ethyl adjacent to an activating group) is 1. The van der Waals surface area contributed by atoms with E-state index >= 15 is 0 Å². The highest BCUT2D eigenvalue weighted by Crippen LogP contribution is 2.44. The van der Waals surface area contributed by atoms with E-state index in [1.165, 1.54) is 26.3 Å². The number of benzene rings is 1. The molecule has 0 radical (unpaired) electrons. The first-order valence-electron chi connectivity index (χ1n) is 14.0. The Bertz CT molecular complexity index is 1210. The number of aliphatic hydroxyl groups is 2. The minimum Gasteiger partial charge on any atom is -0.497 e. The Morgan fingerprint density at radius 3 is 2.34 bits per heavy atom. The lowest BCUT2D eigenvalue weighted by Crippen LogP contribution is -2.58. The van der Waals surface area contributed by atoms with E-state index in [0.717, 1.165) is 66.5 Å². The smallest absolute Gasteiger partial charge is 0.430 e. The number of alkyl halides is 3. The second-order valence-corrected chi connectivity index (χ2v) is 11.7. The molecule has 1 aliphatic heterocycles. The average Bonchev–Trinajstić information content (AvgIpc) is 2.92. The summed E-state index contributed by atoms with van der Waals surface area (Å²) in [6.07, 6.45) is -1.72. The summed E-state index contributed by atoms with van der Waals surface area (Å²) in [5, 5.41) is 21.1. The topological polar surface area (TPSA) is 89.4 Å². The van der Waals surface area contributed by atoms with Crippen LogP contribution in [-0.4, -0.2) is 84.5 Å². The molecule has 41 heavy (non-hydrogen) atoms. The predicted octanol–water partition coefficient (Wildman–Crippen LogP) is 4.24. The molecule has 11 heteroatoms. The molecule has 1 aromatic carbocycles. The summed E-state index contributed by atoms with van der Waals surface area (Å²) in [4.78, 5) is 22.9. The average molecular weight is 579 g/mol. The van der Waals surface area contributed by atoms with Crippen molar-refractivity contribution in [3.63, 3.8) is 0 Å². The largest absolute Gasteiger partial charge is 0.497 e. The Kier molecular flexibility index (Phi) is 9.20. The number of pyridine rings is 1. The van der Waals surface area contributed by atoms with E-state index < -0.39 is 29.5 Å². The standard InChI is InChI=1S/C30H41F3N4O4/c1-19-25(27(38)35(2)3)9-10-26(34-19)37-13-11-20(12-14-37)15-21-16-23(17-21)36(4)28(39)29(40,30(31,32)33)22-7-6-8-24(18-22)41-5/h6-10,18,20-21,23,27,38,40H,11-17H2,1-5H3. The SMILES string of the molecule is COc1cccc(C(O)(C(=O)N(C)C2CC(CC3CCN(c4ccc(C(O)N(C)C)c(C)n4)CC3)C2)C(F)(F)F)c1. The molecule has 4 rings (SSSR count). The van der Waals surface area contributed by atoms with Crippen LogP contribution in [0.4, 0.5) is 19.0 Å². The molecule has 2 N–H and O–H groups in total. The van der Waals surface area contributed by atoms with Gasteiger partial charge in [-0.2, -0.15) is 13.2 Å². The van der Waals surface area contributed by atoms with Crippen molar-refractivity contribution in [3.8, 4) is 5.75 Å². The number of aromatic nitrogens is 1. The number of ether oxygens (including phenoxy) is 1. The number of nitrogens with zero attached hydrogens (tertiary/aromatic N) is 4. The van der Waals surface area contributed by atoms with Crippen molar-refractivity contribution < 1.29 is 32.9 Å². The molecule has 1 saturated carbocycles. The lowest BCUT2D eigenvalue weighted by atomic mass is 9.72. The summed E-state index contributed by atoms with van der Waals surface area (Å²) >= 11 is 0. The Balaban J connectivity index is 1.30. The van der Waals surface area contributed by atoms with Crippen LogP contribution >= 0.6 is 0 Å². The molecule has 2 aliphatic rings. The van der Waals surface area contributed by atoms with Gasteiger partial charge in [0.2, 0.25) is 0 Å². The lowest BCUT2D eigenvalue weighted by molar-refractivity contribution is -0.262. The number of hydrogen-bond donors (Lipinski definition) is 2. The van der Waals surface area contributed by atoms with Crippen LogP contribution in [0.5, 0.6) is 5.75 Å². The third kappa shape index (κ3) is 6.32. The molecule has 0 bridgehead atoms. The molecular formula is C30H41F3N4O4. The van der Waals surface area contributed by atoms with Gasteiger partial charge in [-0.25, -0.2) is 4.98 Å². The zero-order valence-electron chi connectivity index (χ0n) is 24.4. The molecule has 8 nitrogen and oxygen atoms in total. The first-order chi connectivity index (χ1) is 19.3. The zero-order valence-corrected chi connectivity index (χ0v) is 24.4. The summed E-state index contributed by atoms with van der Waals surface area (Å²) in [6.45, 7) is 3.63. The predicted molar refractivity (Wildman–Crippen MR) is 149 cm³/mol. The van der Waals surface area contributed by atoms with E-state index in [2.05, 4.69) is 4.90 Å². The normalized spacial score (nSPS) is 22.2. The zero-order chi connectivity index (χ0) is 30.1. The number of amides is 1. The number of carbonyl (C=O) groups excluding carboxylic acids is 1. The molecule has 2 atom stereocenters. The number of rotatable bonds is 9. The number of halogens is 3. The van der Waals surface area contributed by atoms with E-state index in [1.54, 1.807) is 4.90 Å². The highest BCUT2D eigenvalue weighted by atomic mass is 19.4. The van der Waals surface area contributed by atoms with Gasteiger partial charge in [0.25, 0.3) is 11.5 Å². The second-order valence-electron chi connectivity index (χ2n) is 11.7. The van der Waals surface area contributed by atoms with Crippen LogP contribution in [0, 0.1) is 18.8 Å². The van der Waals surface area contributed by atoms with Gasteiger partial charge in [0.1, 0.15) is 17.8 Å². The minimum atomic E-state index is -5.19. The Hall–Kier alpha value is -2.89. The lowest BCUT2D eigenvalue weighted by Gasteiger charge is -2.45. The summed E-state index contributed by atoms with van der Waals surface area (Å²) in [5.74, 6) is 0.476. The van der Waals surface area contributed by atoms with E-state index in [9.17, 15) is 28.2 Å². The van der Waals surface area contributed by atoms with Crippen molar-refractivity contribution in [1.29, 1.82) is 0 Å². The Morgan fingerprint density at radius 1 is 1.12 bits per heavy atom. The van der Waals surface area contributed by atoms with Gasteiger partial charge in [-0.3, -0.25) is 9.69 Å². The van der Waals surface area contributed by atoms with Crippen LogP contribution in [0.25, 0.3) is 0 Å². The molecule has 1 aliphatic carbocycles. The number of aliphatic hydroxyl groups excluding tert-OH is 1. The second kappa shape index (κ2) is 12.1. The Morgan fingerprint density at radius 2 is 1.78 bits per heavy atom. The first kappa shape index (κ1) is 31.1. The molecule has 1 aromatic heterocycles. The summed E-state index contributed by atoms with van der Waals surface area (Å²) in [5.41, 5.74) is -2.62. The fraction of sp³-hybridized carbons (Fsp3) is 0.600. The van der Waals surface area contributed by atoms with Crippen molar-refractivity contribution in [2.75, 3.05) is 46.2 Å². The third-order valence-electron chi connectivity index (χ3n) is 8.77. The number of methoxy groups -OCH3 is 1.